The van der Waals surface area contributed by atoms with Crippen LogP contribution in [0.4, 0.5) is 0 Å². The third-order valence-corrected chi connectivity index (χ3v) is 7.64. The van der Waals surface area contributed by atoms with Gasteiger partial charge in [-0.15, -0.1) is 0 Å². The Labute approximate surface area is 237 Å². The normalized spacial score (nSPS) is 15.9. The van der Waals surface area contributed by atoms with E-state index >= 15 is 0 Å². The second-order valence-electron chi connectivity index (χ2n) is 9.32. The van der Waals surface area contributed by atoms with E-state index in [-0.39, 0.29) is 39.6 Å². The van der Waals surface area contributed by atoms with Crippen LogP contribution in [0.1, 0.15) is 53.8 Å². The molecule has 4 rings (SSSR count). The standard InChI is InChI=1S/C28H28Cl3N5O2/c1-18(9-12-34-28(37)26-22(29)16-33-17-23(26)30)36-13-10-21(11-14-36)27(20-7-5-19(15-32)6-8-20)38-25-4-2-3-24(31)35-25/h2-8,16-18,21,27H,9-14H2,1H3,(H,34,37). The minimum atomic E-state index is -0.301. The average molecular weight is 573 g/mol. The molecule has 7 nitrogen and oxygen atoms in total. The number of rotatable bonds is 9. The van der Waals surface area contributed by atoms with E-state index in [4.69, 9.17) is 39.5 Å². The summed E-state index contributed by atoms with van der Waals surface area (Å²) in [6.07, 6.45) is 5.27. The highest BCUT2D eigenvalue weighted by Crippen LogP contribution is 2.35. The number of aromatic nitrogens is 2. The number of carbonyl (C=O) groups is 1. The first-order valence-electron chi connectivity index (χ1n) is 12.5. The summed E-state index contributed by atoms with van der Waals surface area (Å²) in [5.41, 5.74) is 1.87. The van der Waals surface area contributed by atoms with Gasteiger partial charge in [-0.05, 0) is 63.0 Å². The molecule has 0 bridgehead atoms. The number of amides is 1. The SMILES string of the molecule is CC(CCNC(=O)c1c(Cl)cncc1Cl)N1CCC(C(Oc2cccc(Cl)n2)c2ccc(C#N)cc2)CC1. The molecule has 2 aromatic heterocycles. The van der Waals surface area contributed by atoms with Gasteiger partial charge in [0.05, 0.1) is 27.2 Å². The number of nitrogens with one attached hydrogen (secondary N) is 1. The molecule has 2 atom stereocenters. The minimum absolute atomic E-state index is 0.208. The van der Waals surface area contributed by atoms with E-state index in [1.54, 1.807) is 12.1 Å². The van der Waals surface area contributed by atoms with E-state index in [1.807, 2.05) is 30.3 Å². The molecule has 0 aliphatic carbocycles. The number of likely N-dealkylation sites (tertiary alicyclic amines) is 1. The number of pyridine rings is 2. The lowest BCUT2D eigenvalue weighted by Crippen LogP contribution is -2.43. The number of carbonyl (C=O) groups excluding carboxylic acids is 1. The average Bonchev–Trinajstić information content (AvgIpc) is 2.92. The Kier molecular flexibility index (Phi) is 9.81. The highest BCUT2D eigenvalue weighted by Gasteiger charge is 2.31. The maximum atomic E-state index is 12.5. The second kappa shape index (κ2) is 13.3. The van der Waals surface area contributed by atoms with Gasteiger partial charge in [-0.2, -0.15) is 5.26 Å². The summed E-state index contributed by atoms with van der Waals surface area (Å²) in [6, 6.07) is 15.3. The molecule has 1 aliphatic rings. The first kappa shape index (κ1) is 28.1. The molecule has 1 aromatic carbocycles. The van der Waals surface area contributed by atoms with Gasteiger partial charge >= 0.3 is 0 Å². The van der Waals surface area contributed by atoms with Crippen molar-refractivity contribution < 1.29 is 9.53 Å². The van der Waals surface area contributed by atoms with E-state index in [0.29, 0.717) is 23.1 Å². The fraction of sp³-hybridized carbons (Fsp3) is 0.357. The lowest BCUT2D eigenvalue weighted by molar-refractivity contribution is 0.0580. The molecule has 38 heavy (non-hydrogen) atoms. The van der Waals surface area contributed by atoms with E-state index in [2.05, 4.69) is 33.2 Å². The number of benzene rings is 1. The first-order chi connectivity index (χ1) is 18.4. The lowest BCUT2D eigenvalue weighted by atomic mass is 9.86. The Bertz CT molecular complexity index is 1270. The number of nitrogens with zero attached hydrogens (tertiary/aromatic N) is 4. The number of halogens is 3. The van der Waals surface area contributed by atoms with Crippen LogP contribution < -0.4 is 10.1 Å². The van der Waals surface area contributed by atoms with E-state index < -0.39 is 0 Å². The summed E-state index contributed by atoms with van der Waals surface area (Å²) < 4.78 is 6.37. The van der Waals surface area contributed by atoms with Crippen molar-refractivity contribution in [3.63, 3.8) is 0 Å². The second-order valence-corrected chi connectivity index (χ2v) is 10.5. The van der Waals surface area contributed by atoms with Gasteiger partial charge in [-0.1, -0.05) is 53.0 Å². The topological polar surface area (TPSA) is 91.1 Å². The molecule has 1 fully saturated rings. The van der Waals surface area contributed by atoms with Crippen LogP contribution in [0.2, 0.25) is 15.2 Å². The smallest absolute Gasteiger partial charge is 0.254 e. The number of nitriles is 1. The molecule has 0 saturated carbocycles. The molecule has 10 heteroatoms. The molecular weight excluding hydrogens is 545 g/mol. The fourth-order valence-corrected chi connectivity index (χ4v) is 5.42. The number of ether oxygens (including phenoxy) is 1. The molecule has 0 spiro atoms. The summed E-state index contributed by atoms with van der Waals surface area (Å²) in [5, 5.41) is 13.0. The third kappa shape index (κ3) is 7.15. The van der Waals surface area contributed by atoms with Crippen LogP contribution in [0.15, 0.2) is 54.9 Å². The summed E-state index contributed by atoms with van der Waals surface area (Å²) in [5.74, 6) is 0.445. The summed E-state index contributed by atoms with van der Waals surface area (Å²) >= 11 is 18.3. The monoisotopic (exact) mass is 571 g/mol. The maximum absolute atomic E-state index is 12.5. The zero-order valence-electron chi connectivity index (χ0n) is 20.9. The Balaban J connectivity index is 1.34. The van der Waals surface area contributed by atoms with Gasteiger partial charge in [0, 0.05) is 37.0 Å². The van der Waals surface area contributed by atoms with Crippen molar-refractivity contribution in [2.24, 2.45) is 5.92 Å². The summed E-state index contributed by atoms with van der Waals surface area (Å²) in [7, 11) is 0. The zero-order valence-corrected chi connectivity index (χ0v) is 23.2. The molecular formula is C28H28Cl3N5O2. The Morgan fingerprint density at radius 3 is 2.45 bits per heavy atom. The van der Waals surface area contributed by atoms with E-state index in [9.17, 15) is 10.1 Å². The number of hydrogen-bond donors (Lipinski definition) is 1. The van der Waals surface area contributed by atoms with Crippen molar-refractivity contribution in [3.8, 4) is 11.9 Å². The van der Waals surface area contributed by atoms with Gasteiger partial charge in [0.25, 0.3) is 5.91 Å². The summed E-state index contributed by atoms with van der Waals surface area (Å²) in [4.78, 5) is 23.2. The Morgan fingerprint density at radius 1 is 1.13 bits per heavy atom. The van der Waals surface area contributed by atoms with Crippen molar-refractivity contribution in [3.05, 3.63) is 86.7 Å². The van der Waals surface area contributed by atoms with Crippen molar-refractivity contribution >= 4 is 40.7 Å². The predicted molar refractivity (Wildman–Crippen MR) is 149 cm³/mol. The third-order valence-electron chi connectivity index (χ3n) is 6.86. The molecule has 3 heterocycles. The van der Waals surface area contributed by atoms with Gasteiger partial charge in [0.15, 0.2) is 0 Å². The molecule has 1 amide bonds. The van der Waals surface area contributed by atoms with Crippen molar-refractivity contribution in [1.29, 1.82) is 5.26 Å². The predicted octanol–water partition coefficient (Wildman–Crippen LogP) is 6.35. The Hall–Kier alpha value is -2.89. The molecule has 1 saturated heterocycles. The Morgan fingerprint density at radius 2 is 1.82 bits per heavy atom. The maximum Gasteiger partial charge on any atom is 0.254 e. The van der Waals surface area contributed by atoms with Gasteiger partial charge in [-0.3, -0.25) is 9.78 Å². The number of hydrogen-bond acceptors (Lipinski definition) is 6. The van der Waals surface area contributed by atoms with Gasteiger partial charge < -0.3 is 15.0 Å². The highest BCUT2D eigenvalue weighted by atomic mass is 35.5. The molecule has 1 aliphatic heterocycles. The summed E-state index contributed by atoms with van der Waals surface area (Å²) in [6.45, 7) is 4.48. The molecule has 2 unspecified atom stereocenters. The minimum Gasteiger partial charge on any atom is -0.469 e. The van der Waals surface area contributed by atoms with Gasteiger partial charge in [-0.25, -0.2) is 4.98 Å². The lowest BCUT2D eigenvalue weighted by Gasteiger charge is -2.39. The van der Waals surface area contributed by atoms with E-state index in [1.165, 1.54) is 12.4 Å². The van der Waals surface area contributed by atoms with E-state index in [0.717, 1.165) is 37.9 Å². The van der Waals surface area contributed by atoms with Crippen molar-refractivity contribution in [2.45, 2.75) is 38.3 Å². The first-order valence-corrected chi connectivity index (χ1v) is 13.6. The largest absolute Gasteiger partial charge is 0.469 e. The molecule has 198 valence electrons. The van der Waals surface area contributed by atoms with Crippen LogP contribution in [0, 0.1) is 17.2 Å². The molecule has 3 aromatic rings. The van der Waals surface area contributed by atoms with Gasteiger partial charge in [0.1, 0.15) is 11.3 Å². The molecule has 1 N–H and O–H groups in total. The van der Waals surface area contributed by atoms with Crippen molar-refractivity contribution in [1.82, 2.24) is 20.2 Å². The number of piperidine rings is 1. The molecule has 0 radical (unpaired) electrons. The van der Waals surface area contributed by atoms with Crippen LogP contribution in [-0.4, -0.2) is 46.5 Å². The highest BCUT2D eigenvalue weighted by molar-refractivity contribution is 6.39. The van der Waals surface area contributed by atoms with Crippen LogP contribution in [-0.2, 0) is 0 Å². The van der Waals surface area contributed by atoms with Crippen LogP contribution in [0.3, 0.4) is 0 Å². The van der Waals surface area contributed by atoms with Crippen LogP contribution >= 0.6 is 34.8 Å². The quantitative estimate of drug-likeness (QED) is 0.301. The van der Waals surface area contributed by atoms with Gasteiger partial charge in [0.2, 0.25) is 5.88 Å². The van der Waals surface area contributed by atoms with Crippen molar-refractivity contribution in [2.75, 3.05) is 19.6 Å². The van der Waals surface area contributed by atoms with Crippen LogP contribution in [0.25, 0.3) is 0 Å². The zero-order chi connectivity index (χ0) is 27.1. The van der Waals surface area contributed by atoms with Crippen LogP contribution in [0.5, 0.6) is 5.88 Å². The fourth-order valence-electron chi connectivity index (χ4n) is 4.73.